The van der Waals surface area contributed by atoms with E-state index in [4.69, 9.17) is 10.1 Å². The van der Waals surface area contributed by atoms with Gasteiger partial charge < -0.3 is 5.32 Å². The summed E-state index contributed by atoms with van der Waals surface area (Å²) in [4.78, 5) is 4.42. The van der Waals surface area contributed by atoms with E-state index in [9.17, 15) is 12.8 Å². The van der Waals surface area contributed by atoms with Gasteiger partial charge in [-0.2, -0.15) is 0 Å². The molecule has 168 valence electrons. The third-order valence-electron chi connectivity index (χ3n) is 6.66. The Hall–Kier alpha value is -2.62. The molecule has 2 aliphatic rings. The molecule has 3 N–H and O–H groups in total. The van der Waals surface area contributed by atoms with Crippen molar-refractivity contribution in [2.45, 2.75) is 49.6 Å². The second-order valence-electron chi connectivity index (χ2n) is 8.84. The number of nitrogens with one attached hydrogen (secondary N) is 1. The van der Waals surface area contributed by atoms with Gasteiger partial charge in [-0.25, -0.2) is 27.6 Å². The summed E-state index contributed by atoms with van der Waals surface area (Å²) in [5, 5.41) is 13.3. The number of benzene rings is 2. The minimum absolute atomic E-state index is 0.141. The first kappa shape index (κ1) is 21.2. The van der Waals surface area contributed by atoms with Crippen molar-refractivity contribution in [3.8, 4) is 5.69 Å². The second kappa shape index (κ2) is 8.38. The van der Waals surface area contributed by atoms with Gasteiger partial charge in [-0.3, -0.25) is 0 Å². The average Bonchev–Trinajstić information content (AvgIpc) is 3.48. The standard InChI is InChI=1S/C23H26FN5O2S/c24-19-13-18(32(25,30)31)8-9-21(19)29-23(12-15-4-2-1-3-5-15)27-22(28-29)14-26-20-11-16-6-7-17(20)10-16/h1-5,8-9,13,16-17,20,26H,6-7,10-12,14H2,(H2,25,30,31)/t16-,17+,20+/m0/s1. The quantitative estimate of drug-likeness (QED) is 0.570. The molecule has 7 nitrogen and oxygen atoms in total. The van der Waals surface area contributed by atoms with Crippen LogP contribution in [0.25, 0.3) is 5.69 Å². The van der Waals surface area contributed by atoms with Crippen molar-refractivity contribution in [1.29, 1.82) is 0 Å². The van der Waals surface area contributed by atoms with Crippen molar-refractivity contribution >= 4 is 10.0 Å². The Morgan fingerprint density at radius 2 is 1.94 bits per heavy atom. The molecule has 1 aromatic heterocycles. The summed E-state index contributed by atoms with van der Waals surface area (Å²) < 4.78 is 39.5. The molecule has 32 heavy (non-hydrogen) atoms. The maximum Gasteiger partial charge on any atom is 0.238 e. The van der Waals surface area contributed by atoms with Crippen molar-refractivity contribution in [1.82, 2.24) is 20.1 Å². The van der Waals surface area contributed by atoms with Crippen LogP contribution in [0, 0.1) is 17.7 Å². The van der Waals surface area contributed by atoms with Gasteiger partial charge in [-0.15, -0.1) is 5.10 Å². The number of halogens is 1. The van der Waals surface area contributed by atoms with Crippen LogP contribution in [0.3, 0.4) is 0 Å². The predicted octanol–water partition coefficient (Wildman–Crippen LogP) is 2.92. The summed E-state index contributed by atoms with van der Waals surface area (Å²) in [7, 11) is -4.00. The number of sulfonamides is 1. The molecule has 0 aliphatic heterocycles. The molecule has 0 unspecified atom stereocenters. The minimum Gasteiger partial charge on any atom is -0.307 e. The first-order valence-electron chi connectivity index (χ1n) is 10.9. The van der Waals surface area contributed by atoms with Crippen molar-refractivity contribution in [3.63, 3.8) is 0 Å². The normalized spacial score (nSPS) is 22.5. The second-order valence-corrected chi connectivity index (χ2v) is 10.4. The van der Waals surface area contributed by atoms with E-state index in [1.165, 1.54) is 42.5 Å². The lowest BCUT2D eigenvalue weighted by Crippen LogP contribution is -2.33. The lowest BCUT2D eigenvalue weighted by Gasteiger charge is -2.22. The summed E-state index contributed by atoms with van der Waals surface area (Å²) in [6.45, 7) is 0.513. The third-order valence-corrected chi connectivity index (χ3v) is 7.57. The molecule has 3 aromatic rings. The molecule has 2 fully saturated rings. The molecule has 2 aliphatic carbocycles. The lowest BCUT2D eigenvalue weighted by molar-refractivity contribution is 0.348. The van der Waals surface area contributed by atoms with Gasteiger partial charge in [0.15, 0.2) is 5.82 Å². The number of nitrogens with zero attached hydrogens (tertiary/aromatic N) is 3. The van der Waals surface area contributed by atoms with Crippen molar-refractivity contribution in [3.05, 3.63) is 71.6 Å². The van der Waals surface area contributed by atoms with E-state index in [1.807, 2.05) is 30.3 Å². The van der Waals surface area contributed by atoms with Crippen LogP contribution in [0.1, 0.15) is 42.9 Å². The van der Waals surface area contributed by atoms with Crippen molar-refractivity contribution in [2.75, 3.05) is 0 Å². The fourth-order valence-corrected chi connectivity index (χ4v) is 5.63. The van der Waals surface area contributed by atoms with Crippen LogP contribution in [0.5, 0.6) is 0 Å². The van der Waals surface area contributed by atoms with E-state index >= 15 is 0 Å². The molecule has 0 amide bonds. The lowest BCUT2D eigenvalue weighted by atomic mass is 9.95. The fraction of sp³-hybridized carbons (Fsp3) is 0.391. The van der Waals surface area contributed by atoms with Crippen molar-refractivity contribution in [2.24, 2.45) is 17.0 Å². The highest BCUT2D eigenvalue weighted by Crippen LogP contribution is 2.44. The van der Waals surface area contributed by atoms with E-state index in [1.54, 1.807) is 0 Å². The topological polar surface area (TPSA) is 103 Å². The van der Waals surface area contributed by atoms with Gasteiger partial charge in [0.2, 0.25) is 10.0 Å². The maximum absolute atomic E-state index is 14.9. The summed E-state index contributed by atoms with van der Waals surface area (Å²) in [5.41, 5.74) is 1.16. The monoisotopic (exact) mass is 455 g/mol. The van der Waals surface area contributed by atoms with E-state index in [-0.39, 0.29) is 10.6 Å². The largest absolute Gasteiger partial charge is 0.307 e. The first-order valence-corrected chi connectivity index (χ1v) is 12.5. The Morgan fingerprint density at radius 1 is 1.12 bits per heavy atom. The highest BCUT2D eigenvalue weighted by Gasteiger charge is 2.39. The molecule has 9 heteroatoms. The van der Waals surface area contributed by atoms with Crippen LogP contribution < -0.4 is 10.5 Å². The number of aromatic nitrogens is 3. The van der Waals surface area contributed by atoms with Crippen LogP contribution in [-0.2, 0) is 23.0 Å². The fourth-order valence-electron chi connectivity index (χ4n) is 5.11. The Morgan fingerprint density at radius 3 is 2.59 bits per heavy atom. The number of primary sulfonamides is 1. The Labute approximate surface area is 186 Å². The van der Waals surface area contributed by atoms with Crippen LogP contribution in [0.15, 0.2) is 53.4 Å². The molecule has 3 atom stereocenters. The number of hydrogen-bond donors (Lipinski definition) is 2. The zero-order valence-electron chi connectivity index (χ0n) is 17.6. The van der Waals surface area contributed by atoms with Crippen molar-refractivity contribution < 1.29 is 12.8 Å². The molecular formula is C23H26FN5O2S. The third kappa shape index (κ3) is 4.32. The van der Waals surface area contributed by atoms with E-state index in [2.05, 4.69) is 10.4 Å². The predicted molar refractivity (Wildman–Crippen MR) is 118 cm³/mol. The molecule has 0 saturated heterocycles. The molecule has 0 radical (unpaired) electrons. The SMILES string of the molecule is NS(=O)(=O)c1ccc(-n2nc(CN[C@@H]3C[C@H]4CC[C@@H]3C4)nc2Cc2ccccc2)c(F)c1. The Kier molecular flexibility index (Phi) is 5.56. The molecule has 2 saturated carbocycles. The number of hydrogen-bond acceptors (Lipinski definition) is 5. The average molecular weight is 456 g/mol. The Bertz CT molecular complexity index is 1230. The summed E-state index contributed by atoms with van der Waals surface area (Å²) >= 11 is 0. The van der Waals surface area contributed by atoms with Gasteiger partial charge >= 0.3 is 0 Å². The van der Waals surface area contributed by atoms with E-state index < -0.39 is 15.8 Å². The van der Waals surface area contributed by atoms with Crippen LogP contribution in [0.2, 0.25) is 0 Å². The Balaban J connectivity index is 1.44. The van der Waals surface area contributed by atoms with Gasteiger partial charge in [0, 0.05) is 12.5 Å². The minimum atomic E-state index is -4.00. The maximum atomic E-state index is 14.9. The van der Waals surface area contributed by atoms with Crippen LogP contribution in [0.4, 0.5) is 4.39 Å². The summed E-state index contributed by atoms with van der Waals surface area (Å²) in [6, 6.07) is 13.9. The molecule has 0 spiro atoms. The summed E-state index contributed by atoms with van der Waals surface area (Å²) in [6.07, 6.45) is 5.60. The van der Waals surface area contributed by atoms with E-state index in [0.29, 0.717) is 30.7 Å². The van der Waals surface area contributed by atoms with Gasteiger partial charge in [0.25, 0.3) is 0 Å². The number of nitrogens with two attached hydrogens (primary N) is 1. The zero-order valence-corrected chi connectivity index (χ0v) is 18.4. The zero-order chi connectivity index (χ0) is 22.3. The molecule has 5 rings (SSSR count). The first-order chi connectivity index (χ1) is 15.4. The molecule has 1 heterocycles. The molecule has 2 aromatic carbocycles. The molecule has 2 bridgehead atoms. The van der Waals surface area contributed by atoms with Gasteiger partial charge in [-0.1, -0.05) is 36.8 Å². The molecular weight excluding hydrogens is 429 g/mol. The van der Waals surface area contributed by atoms with Gasteiger partial charge in [-0.05, 0) is 54.9 Å². The number of rotatable bonds is 7. The number of fused-ring (bicyclic) bond motifs is 2. The highest BCUT2D eigenvalue weighted by molar-refractivity contribution is 7.89. The highest BCUT2D eigenvalue weighted by atomic mass is 32.2. The van der Waals surface area contributed by atoms with Gasteiger partial charge in [0.05, 0.1) is 11.4 Å². The smallest absolute Gasteiger partial charge is 0.238 e. The summed E-state index contributed by atoms with van der Waals surface area (Å²) in [5.74, 6) is 2.03. The van der Waals surface area contributed by atoms with Crippen LogP contribution >= 0.6 is 0 Å². The van der Waals surface area contributed by atoms with Crippen LogP contribution in [-0.4, -0.2) is 29.2 Å². The van der Waals surface area contributed by atoms with E-state index in [0.717, 1.165) is 23.5 Å². The van der Waals surface area contributed by atoms with Gasteiger partial charge in [0.1, 0.15) is 17.3 Å².